The van der Waals surface area contributed by atoms with Gasteiger partial charge in [0.05, 0.1) is 21.2 Å². The molecule has 9 heteroatoms. The number of pyridine rings is 1. The quantitative estimate of drug-likeness (QED) is 0.319. The summed E-state index contributed by atoms with van der Waals surface area (Å²) < 4.78 is 5.71. The second-order valence-corrected chi connectivity index (χ2v) is 6.42. The number of halogens is 2. The van der Waals surface area contributed by atoms with E-state index in [2.05, 4.69) is 15.5 Å². The van der Waals surface area contributed by atoms with Crippen molar-refractivity contribution in [2.24, 2.45) is 5.10 Å². The molecule has 0 unspecified atom stereocenters. The van der Waals surface area contributed by atoms with Gasteiger partial charge in [0, 0.05) is 12.3 Å². The van der Waals surface area contributed by atoms with Gasteiger partial charge in [0.15, 0.2) is 0 Å². The van der Waals surface area contributed by atoms with E-state index in [1.165, 1.54) is 24.5 Å². The van der Waals surface area contributed by atoms with E-state index in [4.69, 9.17) is 27.9 Å². The van der Waals surface area contributed by atoms with Crippen LogP contribution in [0.25, 0.3) is 0 Å². The van der Waals surface area contributed by atoms with Crippen molar-refractivity contribution in [2.45, 2.75) is 6.61 Å². The maximum atomic E-state index is 10.9. The first-order chi connectivity index (χ1) is 13.5. The van der Waals surface area contributed by atoms with Gasteiger partial charge in [-0.1, -0.05) is 29.3 Å². The van der Waals surface area contributed by atoms with Gasteiger partial charge in [0.1, 0.15) is 12.4 Å². The lowest BCUT2D eigenvalue weighted by molar-refractivity contribution is -0.384. The van der Waals surface area contributed by atoms with Crippen LogP contribution >= 0.6 is 23.2 Å². The van der Waals surface area contributed by atoms with Crippen molar-refractivity contribution in [3.8, 4) is 5.75 Å². The van der Waals surface area contributed by atoms with Crippen molar-refractivity contribution in [1.29, 1.82) is 0 Å². The van der Waals surface area contributed by atoms with Crippen molar-refractivity contribution in [1.82, 2.24) is 4.98 Å². The van der Waals surface area contributed by atoms with E-state index >= 15 is 0 Å². The average Bonchev–Trinajstić information content (AvgIpc) is 2.70. The molecular formula is C19H14Cl2N4O3. The number of nitro groups is 1. The molecule has 2 aromatic carbocycles. The second kappa shape index (κ2) is 9.16. The first-order valence-corrected chi connectivity index (χ1v) is 8.84. The van der Waals surface area contributed by atoms with Crippen LogP contribution in [0.15, 0.2) is 65.9 Å². The second-order valence-electron chi connectivity index (χ2n) is 5.60. The van der Waals surface area contributed by atoms with Crippen molar-refractivity contribution < 1.29 is 9.66 Å². The van der Waals surface area contributed by atoms with Crippen molar-refractivity contribution in [3.63, 3.8) is 0 Å². The van der Waals surface area contributed by atoms with Gasteiger partial charge in [-0.2, -0.15) is 5.10 Å². The number of hydrogen-bond acceptors (Lipinski definition) is 6. The molecule has 0 amide bonds. The number of anilines is 1. The topological polar surface area (TPSA) is 89.7 Å². The lowest BCUT2D eigenvalue weighted by Crippen LogP contribution is -1.99. The van der Waals surface area contributed by atoms with E-state index < -0.39 is 4.92 Å². The maximum Gasteiger partial charge on any atom is 0.313 e. The van der Waals surface area contributed by atoms with E-state index in [0.717, 1.165) is 11.1 Å². The number of benzene rings is 2. The van der Waals surface area contributed by atoms with Crippen LogP contribution in [0.3, 0.4) is 0 Å². The molecule has 0 aliphatic heterocycles. The summed E-state index contributed by atoms with van der Waals surface area (Å²) in [6.07, 6.45) is 2.98. The van der Waals surface area contributed by atoms with Crippen LogP contribution in [0.4, 0.5) is 11.5 Å². The Bertz CT molecular complexity index is 1010. The zero-order valence-corrected chi connectivity index (χ0v) is 15.9. The highest BCUT2D eigenvalue weighted by molar-refractivity contribution is 6.42. The van der Waals surface area contributed by atoms with E-state index in [-0.39, 0.29) is 11.5 Å². The normalized spacial score (nSPS) is 10.8. The van der Waals surface area contributed by atoms with Crippen molar-refractivity contribution in [2.75, 3.05) is 5.43 Å². The number of nitrogens with one attached hydrogen (secondary N) is 1. The zero-order chi connectivity index (χ0) is 19.9. The van der Waals surface area contributed by atoms with E-state index in [9.17, 15) is 10.1 Å². The monoisotopic (exact) mass is 416 g/mol. The lowest BCUT2D eigenvalue weighted by atomic mass is 10.2. The maximum absolute atomic E-state index is 10.9. The summed E-state index contributed by atoms with van der Waals surface area (Å²) >= 11 is 11.9. The van der Waals surface area contributed by atoms with Gasteiger partial charge < -0.3 is 4.74 Å². The van der Waals surface area contributed by atoms with Crippen LogP contribution in [-0.4, -0.2) is 16.1 Å². The van der Waals surface area contributed by atoms with Crippen LogP contribution < -0.4 is 10.2 Å². The number of rotatable bonds is 7. The molecule has 142 valence electrons. The third-order valence-corrected chi connectivity index (χ3v) is 4.38. The SMILES string of the molecule is O=[N+]([O-])c1cccnc1N/N=C\c1ccc(OCc2ccc(Cl)c(Cl)c2)cc1. The Labute approximate surface area is 170 Å². The minimum Gasteiger partial charge on any atom is -0.489 e. The molecule has 0 saturated carbocycles. The minimum atomic E-state index is -0.523. The van der Waals surface area contributed by atoms with E-state index in [1.54, 1.807) is 24.3 Å². The Morgan fingerprint density at radius 3 is 2.64 bits per heavy atom. The zero-order valence-electron chi connectivity index (χ0n) is 14.4. The fourth-order valence-electron chi connectivity index (χ4n) is 2.24. The van der Waals surface area contributed by atoms with Crippen LogP contribution in [0.5, 0.6) is 5.75 Å². The summed E-state index contributed by atoms with van der Waals surface area (Å²) in [7, 11) is 0. The molecule has 3 aromatic rings. The van der Waals surface area contributed by atoms with Gasteiger partial charge in [-0.3, -0.25) is 15.5 Å². The summed E-state index contributed by atoms with van der Waals surface area (Å²) in [5, 5.41) is 15.9. The minimum absolute atomic E-state index is 0.0744. The summed E-state index contributed by atoms with van der Waals surface area (Å²) in [5.74, 6) is 0.752. The largest absolute Gasteiger partial charge is 0.489 e. The highest BCUT2D eigenvalue weighted by Crippen LogP contribution is 2.23. The average molecular weight is 417 g/mol. The Morgan fingerprint density at radius 1 is 1.14 bits per heavy atom. The molecule has 7 nitrogen and oxygen atoms in total. The molecule has 1 aromatic heterocycles. The summed E-state index contributed by atoms with van der Waals surface area (Å²) in [6.45, 7) is 0.356. The predicted molar refractivity (Wildman–Crippen MR) is 109 cm³/mol. The van der Waals surface area contributed by atoms with Crippen LogP contribution in [0.2, 0.25) is 10.0 Å². The summed E-state index contributed by atoms with van der Waals surface area (Å²) in [4.78, 5) is 14.3. The highest BCUT2D eigenvalue weighted by atomic mass is 35.5. The number of hydrogen-bond donors (Lipinski definition) is 1. The molecule has 3 rings (SSSR count). The fraction of sp³-hybridized carbons (Fsp3) is 0.0526. The number of ether oxygens (including phenoxy) is 1. The third kappa shape index (κ3) is 5.18. The third-order valence-electron chi connectivity index (χ3n) is 3.64. The molecular weight excluding hydrogens is 403 g/mol. The molecule has 28 heavy (non-hydrogen) atoms. The molecule has 0 atom stereocenters. The van der Waals surface area contributed by atoms with Crippen molar-refractivity contribution in [3.05, 3.63) is 92.1 Å². The Hall–Kier alpha value is -3.16. The van der Waals surface area contributed by atoms with Crippen LogP contribution in [0, 0.1) is 10.1 Å². The van der Waals surface area contributed by atoms with Gasteiger partial charge in [0.2, 0.25) is 5.82 Å². The van der Waals surface area contributed by atoms with Crippen LogP contribution in [-0.2, 0) is 6.61 Å². The van der Waals surface area contributed by atoms with E-state index in [1.807, 2.05) is 18.2 Å². The molecule has 0 radical (unpaired) electrons. The number of nitrogens with zero attached hydrogens (tertiary/aromatic N) is 3. The standard InChI is InChI=1S/C19H14Cl2N4O3/c20-16-8-5-14(10-17(16)21)12-28-15-6-3-13(4-7-15)11-23-24-19-18(25(26)27)2-1-9-22-19/h1-11H,12H2,(H,22,24)/b23-11-. The fourth-order valence-corrected chi connectivity index (χ4v) is 2.57. The first kappa shape index (κ1) is 19.6. The summed E-state index contributed by atoms with van der Waals surface area (Å²) in [6, 6.07) is 15.4. The lowest BCUT2D eigenvalue weighted by Gasteiger charge is -2.07. The Kier molecular flexibility index (Phi) is 6.41. The number of hydrazone groups is 1. The molecule has 0 aliphatic carbocycles. The van der Waals surface area contributed by atoms with E-state index in [0.29, 0.717) is 22.4 Å². The first-order valence-electron chi connectivity index (χ1n) is 8.08. The molecule has 1 heterocycles. The molecule has 0 saturated heterocycles. The molecule has 0 spiro atoms. The van der Waals surface area contributed by atoms with Gasteiger partial charge in [0.25, 0.3) is 0 Å². The molecule has 1 N–H and O–H groups in total. The van der Waals surface area contributed by atoms with Crippen molar-refractivity contribution >= 4 is 40.9 Å². The number of aromatic nitrogens is 1. The van der Waals surface area contributed by atoms with Crippen LogP contribution in [0.1, 0.15) is 11.1 Å². The molecule has 0 aliphatic rings. The molecule has 0 bridgehead atoms. The van der Waals surface area contributed by atoms with Gasteiger partial charge >= 0.3 is 5.69 Å². The van der Waals surface area contributed by atoms with Gasteiger partial charge in [-0.15, -0.1) is 0 Å². The Balaban J connectivity index is 1.57. The predicted octanol–water partition coefficient (Wildman–Crippen LogP) is 5.32. The highest BCUT2D eigenvalue weighted by Gasteiger charge is 2.12. The summed E-state index contributed by atoms with van der Waals surface area (Å²) in [5.41, 5.74) is 4.12. The smallest absolute Gasteiger partial charge is 0.313 e. The molecule has 0 fully saturated rings. The Morgan fingerprint density at radius 2 is 1.93 bits per heavy atom. The van der Waals surface area contributed by atoms with Gasteiger partial charge in [-0.25, -0.2) is 4.98 Å². The van der Waals surface area contributed by atoms with Gasteiger partial charge in [-0.05, 0) is 53.6 Å².